The van der Waals surface area contributed by atoms with Crippen molar-refractivity contribution in [3.8, 4) is 11.1 Å². The zero-order valence-electron chi connectivity index (χ0n) is 16.1. The molecule has 1 N–H and O–H groups in total. The van der Waals surface area contributed by atoms with Gasteiger partial charge in [-0.05, 0) is 73.1 Å². The van der Waals surface area contributed by atoms with E-state index in [1.54, 1.807) is 19.2 Å². The summed E-state index contributed by atoms with van der Waals surface area (Å²) in [5.41, 5.74) is 2.58. The van der Waals surface area contributed by atoms with Gasteiger partial charge in [0.15, 0.2) is 5.78 Å². The molecule has 1 amide bonds. The third-order valence-corrected chi connectivity index (χ3v) is 6.25. The van der Waals surface area contributed by atoms with Gasteiger partial charge in [-0.25, -0.2) is 4.39 Å². The molecule has 1 heterocycles. The highest BCUT2D eigenvalue weighted by Gasteiger charge is 2.54. The van der Waals surface area contributed by atoms with Gasteiger partial charge in [0, 0.05) is 7.11 Å². The Bertz CT molecular complexity index is 914. The number of amides is 1. The molecule has 2 fully saturated rings. The van der Waals surface area contributed by atoms with Gasteiger partial charge in [0.1, 0.15) is 11.7 Å². The first-order valence-electron chi connectivity index (χ1n) is 9.69. The number of Topliss-reactive ketones (excluding diaryl/α,β-unsaturated/α-hetero) is 1. The number of hydrogen-bond donors (Lipinski definition) is 1. The minimum Gasteiger partial charge on any atom is -0.381 e. The fourth-order valence-corrected chi connectivity index (χ4v) is 4.51. The Hall–Kier alpha value is -2.53. The third-order valence-electron chi connectivity index (χ3n) is 6.25. The van der Waals surface area contributed by atoms with Crippen molar-refractivity contribution >= 4 is 11.7 Å². The van der Waals surface area contributed by atoms with Crippen molar-refractivity contribution in [2.45, 2.75) is 50.2 Å². The molecule has 0 aromatic heterocycles. The summed E-state index contributed by atoms with van der Waals surface area (Å²) in [6.45, 7) is 1.91. The number of halogens is 1. The molecule has 28 heavy (non-hydrogen) atoms. The van der Waals surface area contributed by atoms with Gasteiger partial charge in [0.2, 0.25) is 5.91 Å². The minimum absolute atomic E-state index is 0.0357. The van der Waals surface area contributed by atoms with Crippen LogP contribution in [0.25, 0.3) is 11.1 Å². The number of ether oxygens (including phenoxy) is 1. The zero-order chi connectivity index (χ0) is 19.9. The lowest BCUT2D eigenvalue weighted by Gasteiger charge is -2.35. The highest BCUT2D eigenvalue weighted by Crippen LogP contribution is 2.41. The van der Waals surface area contributed by atoms with E-state index in [2.05, 4.69) is 5.32 Å². The average molecular weight is 381 g/mol. The van der Waals surface area contributed by atoms with Crippen molar-refractivity contribution in [3.63, 3.8) is 0 Å². The van der Waals surface area contributed by atoms with Crippen LogP contribution in [0.15, 0.2) is 42.5 Å². The fraction of sp³-hybridized carbons (Fsp3) is 0.391. The maximum Gasteiger partial charge on any atom is 0.235 e. The molecular weight excluding hydrogens is 357 g/mol. The maximum atomic E-state index is 13.4. The Morgan fingerprint density at radius 1 is 1.04 bits per heavy atom. The molecule has 1 aliphatic carbocycles. The van der Waals surface area contributed by atoms with E-state index in [1.807, 2.05) is 25.1 Å². The van der Waals surface area contributed by atoms with E-state index in [0.29, 0.717) is 12.8 Å². The van der Waals surface area contributed by atoms with Crippen LogP contribution in [0.2, 0.25) is 0 Å². The van der Waals surface area contributed by atoms with Crippen LogP contribution in [0.3, 0.4) is 0 Å². The van der Waals surface area contributed by atoms with Gasteiger partial charge in [-0.3, -0.25) is 9.59 Å². The number of nitrogens with one attached hydrogen (secondary N) is 1. The van der Waals surface area contributed by atoms with Crippen LogP contribution in [0, 0.1) is 12.7 Å². The Labute approximate surface area is 164 Å². The molecular formula is C23H24FNO3. The first-order valence-corrected chi connectivity index (χ1v) is 9.69. The quantitative estimate of drug-likeness (QED) is 0.820. The summed E-state index contributed by atoms with van der Waals surface area (Å²) in [6, 6.07) is 12.0. The SMILES string of the molecule is COC1CCC2(CC1)NC(=O)C(c1cc(-c3ccc(F)cc3)ccc1C)C2=O. The molecule has 1 saturated carbocycles. The minimum atomic E-state index is -0.792. The molecule has 2 aromatic carbocycles. The lowest BCUT2D eigenvalue weighted by Crippen LogP contribution is -2.50. The molecule has 2 aromatic rings. The number of carbonyl (C=O) groups is 2. The number of aryl methyl sites for hydroxylation is 1. The number of rotatable bonds is 3. The van der Waals surface area contributed by atoms with Gasteiger partial charge in [-0.1, -0.05) is 24.3 Å². The van der Waals surface area contributed by atoms with E-state index in [9.17, 15) is 14.0 Å². The summed E-state index contributed by atoms with van der Waals surface area (Å²) in [5, 5.41) is 3.01. The molecule has 1 aliphatic heterocycles. The summed E-state index contributed by atoms with van der Waals surface area (Å²) in [4.78, 5) is 26.2. The van der Waals surface area contributed by atoms with Crippen LogP contribution in [-0.4, -0.2) is 30.4 Å². The molecule has 0 radical (unpaired) electrons. The molecule has 0 bridgehead atoms. The maximum absolute atomic E-state index is 13.4. The van der Waals surface area contributed by atoms with Crippen molar-refractivity contribution in [2.75, 3.05) is 7.11 Å². The Balaban J connectivity index is 1.67. The molecule has 4 rings (SSSR count). The van der Waals surface area contributed by atoms with Crippen LogP contribution in [0.4, 0.5) is 4.39 Å². The van der Waals surface area contributed by atoms with E-state index in [-0.39, 0.29) is 23.6 Å². The number of benzene rings is 2. The van der Waals surface area contributed by atoms with Crippen LogP contribution in [0.1, 0.15) is 42.7 Å². The van der Waals surface area contributed by atoms with Crippen molar-refractivity contribution in [3.05, 3.63) is 59.4 Å². The highest BCUT2D eigenvalue weighted by atomic mass is 19.1. The lowest BCUT2D eigenvalue weighted by molar-refractivity contribution is -0.126. The molecule has 1 atom stereocenters. The van der Waals surface area contributed by atoms with Crippen LogP contribution in [0.5, 0.6) is 0 Å². The predicted molar refractivity (Wildman–Crippen MR) is 104 cm³/mol. The third kappa shape index (κ3) is 3.14. The smallest absolute Gasteiger partial charge is 0.235 e. The summed E-state index contributed by atoms with van der Waals surface area (Å²) >= 11 is 0. The number of methoxy groups -OCH3 is 1. The summed E-state index contributed by atoms with van der Waals surface area (Å²) in [5.74, 6) is -1.35. The van der Waals surface area contributed by atoms with Gasteiger partial charge < -0.3 is 10.1 Å². The van der Waals surface area contributed by atoms with Crippen molar-refractivity contribution in [1.82, 2.24) is 5.32 Å². The Kier molecular flexibility index (Phi) is 4.79. The average Bonchev–Trinajstić information content (AvgIpc) is 2.93. The first-order chi connectivity index (χ1) is 13.4. The molecule has 1 unspecified atom stereocenters. The zero-order valence-corrected chi connectivity index (χ0v) is 16.1. The lowest BCUT2D eigenvalue weighted by atomic mass is 9.75. The number of carbonyl (C=O) groups excluding carboxylic acids is 2. The molecule has 1 saturated heterocycles. The van der Waals surface area contributed by atoms with E-state index < -0.39 is 11.5 Å². The van der Waals surface area contributed by atoms with E-state index in [0.717, 1.165) is 35.1 Å². The highest BCUT2D eigenvalue weighted by molar-refractivity contribution is 6.17. The summed E-state index contributed by atoms with van der Waals surface area (Å²) in [7, 11) is 1.69. The van der Waals surface area contributed by atoms with Crippen LogP contribution >= 0.6 is 0 Å². The monoisotopic (exact) mass is 381 g/mol. The topological polar surface area (TPSA) is 55.4 Å². The second-order valence-corrected chi connectivity index (χ2v) is 7.88. The Morgan fingerprint density at radius 3 is 2.32 bits per heavy atom. The van der Waals surface area contributed by atoms with Gasteiger partial charge in [-0.15, -0.1) is 0 Å². The second kappa shape index (κ2) is 7.13. The fourth-order valence-electron chi connectivity index (χ4n) is 4.51. The molecule has 2 aliphatic rings. The number of ketones is 1. The van der Waals surface area contributed by atoms with Crippen molar-refractivity contribution in [1.29, 1.82) is 0 Å². The largest absolute Gasteiger partial charge is 0.381 e. The standard InChI is InChI=1S/C23H24FNO3/c1-14-3-4-16(15-5-7-17(24)8-6-15)13-19(14)20-21(26)23(25-22(20)27)11-9-18(28-2)10-12-23/h3-8,13,18,20H,9-12H2,1-2H3,(H,25,27). The van der Waals surface area contributed by atoms with Crippen molar-refractivity contribution < 1.29 is 18.7 Å². The van der Waals surface area contributed by atoms with E-state index >= 15 is 0 Å². The summed E-state index contributed by atoms with van der Waals surface area (Å²) < 4.78 is 18.7. The second-order valence-electron chi connectivity index (χ2n) is 7.88. The molecule has 1 spiro atoms. The van der Waals surface area contributed by atoms with Crippen LogP contribution < -0.4 is 5.32 Å². The summed E-state index contributed by atoms with van der Waals surface area (Å²) in [6.07, 6.45) is 2.91. The Morgan fingerprint density at radius 2 is 1.68 bits per heavy atom. The van der Waals surface area contributed by atoms with Gasteiger partial charge >= 0.3 is 0 Å². The van der Waals surface area contributed by atoms with Gasteiger partial charge in [0.05, 0.1) is 11.6 Å². The molecule has 5 heteroatoms. The van der Waals surface area contributed by atoms with Gasteiger partial charge in [-0.2, -0.15) is 0 Å². The van der Waals surface area contributed by atoms with E-state index in [1.165, 1.54) is 12.1 Å². The van der Waals surface area contributed by atoms with Crippen molar-refractivity contribution in [2.24, 2.45) is 0 Å². The molecule has 146 valence electrons. The molecule has 4 nitrogen and oxygen atoms in total. The van der Waals surface area contributed by atoms with Gasteiger partial charge in [0.25, 0.3) is 0 Å². The number of hydrogen-bond acceptors (Lipinski definition) is 3. The predicted octanol–water partition coefficient (Wildman–Crippen LogP) is 3.91. The van der Waals surface area contributed by atoms with Crippen LogP contribution in [-0.2, 0) is 14.3 Å². The first kappa shape index (κ1) is 18.8. The van der Waals surface area contributed by atoms with E-state index in [4.69, 9.17) is 4.74 Å². The normalized spacial score (nSPS) is 27.2.